The van der Waals surface area contributed by atoms with Crippen molar-refractivity contribution in [1.29, 1.82) is 0 Å². The number of aromatic nitrogens is 4. The maximum absolute atomic E-state index is 12.5. The Balaban J connectivity index is 1.70. The number of hydrogen-bond acceptors (Lipinski definition) is 5. The molecule has 1 atom stereocenters. The minimum atomic E-state index is -4.65. The van der Waals surface area contributed by atoms with E-state index in [4.69, 9.17) is 0 Å². The molecule has 31 heavy (non-hydrogen) atoms. The van der Waals surface area contributed by atoms with E-state index in [9.17, 15) is 13.2 Å². The molecule has 3 aromatic rings. The van der Waals surface area contributed by atoms with Gasteiger partial charge in [0, 0.05) is 25.2 Å². The van der Waals surface area contributed by atoms with Crippen molar-refractivity contribution in [3.05, 3.63) is 41.8 Å². The van der Waals surface area contributed by atoms with Gasteiger partial charge in [0.05, 0.1) is 17.4 Å². The molecule has 0 amide bonds. The predicted octanol–water partition coefficient (Wildman–Crippen LogP) is 5.51. The lowest BCUT2D eigenvalue weighted by molar-refractivity contribution is -0.159. The fourth-order valence-electron chi connectivity index (χ4n) is 3.75. The Kier molecular flexibility index (Phi) is 7.15. The molecule has 1 aromatic carbocycles. The van der Waals surface area contributed by atoms with Crippen LogP contribution in [0.15, 0.2) is 29.0 Å². The van der Waals surface area contributed by atoms with Crippen LogP contribution in [0, 0.1) is 0 Å². The van der Waals surface area contributed by atoms with Crippen molar-refractivity contribution in [3.8, 4) is 0 Å². The summed E-state index contributed by atoms with van der Waals surface area (Å²) in [5.74, 6) is -1.49. The van der Waals surface area contributed by atoms with E-state index in [2.05, 4.69) is 56.8 Å². The summed E-state index contributed by atoms with van der Waals surface area (Å²) in [6.45, 7) is 10.7. The maximum Gasteiger partial charge on any atom is 0.471 e. The zero-order chi connectivity index (χ0) is 22.6. The van der Waals surface area contributed by atoms with E-state index in [0.717, 1.165) is 36.1 Å². The Labute approximate surface area is 179 Å². The SMILES string of the molecule is CCCC(C)N(CCn1cnc2cc(/C=C/c3noc(C(F)(F)F)n3)ccc21)C(C)C. The molecule has 0 aliphatic heterocycles. The summed E-state index contributed by atoms with van der Waals surface area (Å²) in [5, 5.41) is 3.33. The highest BCUT2D eigenvalue weighted by Crippen LogP contribution is 2.27. The molecule has 0 spiro atoms. The van der Waals surface area contributed by atoms with Crippen molar-refractivity contribution in [2.45, 2.75) is 65.3 Å². The lowest BCUT2D eigenvalue weighted by Gasteiger charge is -2.32. The summed E-state index contributed by atoms with van der Waals surface area (Å²) >= 11 is 0. The fourth-order valence-corrected chi connectivity index (χ4v) is 3.75. The number of rotatable bonds is 9. The van der Waals surface area contributed by atoms with Crippen LogP contribution in [0.5, 0.6) is 0 Å². The smallest absolute Gasteiger partial charge is 0.329 e. The molecular weight excluding hydrogens is 407 g/mol. The summed E-state index contributed by atoms with van der Waals surface area (Å²) in [6.07, 6.45) is 2.53. The minimum Gasteiger partial charge on any atom is -0.329 e. The van der Waals surface area contributed by atoms with E-state index in [1.165, 1.54) is 12.5 Å². The van der Waals surface area contributed by atoms with Crippen LogP contribution in [0.1, 0.15) is 57.8 Å². The largest absolute Gasteiger partial charge is 0.471 e. The minimum absolute atomic E-state index is 0.132. The van der Waals surface area contributed by atoms with Gasteiger partial charge in [-0.05, 0) is 51.0 Å². The number of benzene rings is 1. The molecule has 0 fully saturated rings. The summed E-state index contributed by atoms with van der Waals surface area (Å²) in [4.78, 5) is 10.3. The molecule has 2 aromatic heterocycles. The molecule has 168 valence electrons. The van der Waals surface area contributed by atoms with Crippen molar-refractivity contribution < 1.29 is 17.7 Å². The average molecular weight is 435 g/mol. The molecule has 1 unspecified atom stereocenters. The highest BCUT2D eigenvalue weighted by molar-refractivity contribution is 5.80. The summed E-state index contributed by atoms with van der Waals surface area (Å²) in [6, 6.07) is 6.74. The number of imidazole rings is 1. The number of alkyl halides is 3. The topological polar surface area (TPSA) is 60.0 Å². The number of halogens is 3. The van der Waals surface area contributed by atoms with Crippen molar-refractivity contribution in [2.24, 2.45) is 0 Å². The lowest BCUT2D eigenvalue weighted by Crippen LogP contribution is -2.40. The molecule has 2 heterocycles. The highest BCUT2D eigenvalue weighted by atomic mass is 19.4. The molecule has 0 aliphatic rings. The summed E-state index contributed by atoms with van der Waals surface area (Å²) < 4.78 is 44.0. The molecule has 0 saturated heterocycles. The maximum atomic E-state index is 12.5. The van der Waals surface area contributed by atoms with Crippen LogP contribution in [0.4, 0.5) is 13.2 Å². The van der Waals surface area contributed by atoms with Crippen molar-refractivity contribution in [2.75, 3.05) is 6.54 Å². The molecule has 0 radical (unpaired) electrons. The van der Waals surface area contributed by atoms with E-state index in [1.807, 2.05) is 24.5 Å². The molecule has 9 heteroatoms. The van der Waals surface area contributed by atoms with Gasteiger partial charge in [0.25, 0.3) is 0 Å². The van der Waals surface area contributed by atoms with Crippen LogP contribution < -0.4 is 0 Å². The Hall–Kier alpha value is -2.68. The molecule has 0 saturated carbocycles. The highest BCUT2D eigenvalue weighted by Gasteiger charge is 2.38. The van der Waals surface area contributed by atoms with E-state index < -0.39 is 12.1 Å². The summed E-state index contributed by atoms with van der Waals surface area (Å²) in [5.41, 5.74) is 2.63. The third-order valence-electron chi connectivity index (χ3n) is 5.29. The molecule has 0 aliphatic carbocycles. The van der Waals surface area contributed by atoms with Gasteiger partial charge in [-0.3, -0.25) is 4.90 Å². The zero-order valence-electron chi connectivity index (χ0n) is 18.2. The Morgan fingerprint density at radius 1 is 1.19 bits per heavy atom. The second-order valence-electron chi connectivity index (χ2n) is 7.94. The molecule has 0 N–H and O–H groups in total. The van der Waals surface area contributed by atoms with Gasteiger partial charge in [-0.2, -0.15) is 18.2 Å². The first-order chi connectivity index (χ1) is 14.7. The third kappa shape index (κ3) is 5.72. The first-order valence-electron chi connectivity index (χ1n) is 10.5. The van der Waals surface area contributed by atoms with Crippen molar-refractivity contribution in [3.63, 3.8) is 0 Å². The van der Waals surface area contributed by atoms with Gasteiger partial charge in [-0.15, -0.1) is 0 Å². The quantitative estimate of drug-likeness (QED) is 0.444. The third-order valence-corrected chi connectivity index (χ3v) is 5.29. The van der Waals surface area contributed by atoms with E-state index >= 15 is 0 Å². The monoisotopic (exact) mass is 435 g/mol. The standard InChI is InChI=1S/C22H28F3N5O/c1-5-6-16(4)30(15(2)3)12-11-29-14-26-18-13-17(7-9-19(18)29)8-10-20-27-21(31-28-20)22(23,24)25/h7-10,13-16H,5-6,11-12H2,1-4H3/b10-8+. The van der Waals surface area contributed by atoms with Gasteiger partial charge in [-0.1, -0.05) is 30.6 Å². The first-order valence-corrected chi connectivity index (χ1v) is 10.5. The normalized spacial score (nSPS) is 13.8. The van der Waals surface area contributed by atoms with Crippen LogP contribution in [-0.2, 0) is 12.7 Å². The summed E-state index contributed by atoms with van der Waals surface area (Å²) in [7, 11) is 0. The van der Waals surface area contributed by atoms with Gasteiger partial charge in [-0.25, -0.2) is 4.98 Å². The molecule has 3 rings (SSSR count). The van der Waals surface area contributed by atoms with Crippen LogP contribution in [0.3, 0.4) is 0 Å². The van der Waals surface area contributed by atoms with Crippen LogP contribution >= 0.6 is 0 Å². The van der Waals surface area contributed by atoms with E-state index in [-0.39, 0.29) is 5.82 Å². The predicted molar refractivity (Wildman–Crippen MR) is 114 cm³/mol. The second-order valence-corrected chi connectivity index (χ2v) is 7.94. The van der Waals surface area contributed by atoms with Crippen molar-refractivity contribution >= 4 is 23.2 Å². The number of fused-ring (bicyclic) bond motifs is 1. The zero-order valence-corrected chi connectivity index (χ0v) is 18.2. The molecular formula is C22H28F3N5O. The van der Waals surface area contributed by atoms with Gasteiger partial charge in [0.15, 0.2) is 5.82 Å². The number of hydrogen-bond donors (Lipinski definition) is 0. The first kappa shape index (κ1) is 23.0. The molecule has 6 nitrogen and oxygen atoms in total. The van der Waals surface area contributed by atoms with Crippen molar-refractivity contribution in [1.82, 2.24) is 24.6 Å². The second kappa shape index (κ2) is 9.64. The van der Waals surface area contributed by atoms with Crippen LogP contribution in [0.25, 0.3) is 23.2 Å². The molecule has 0 bridgehead atoms. The van der Waals surface area contributed by atoms with Gasteiger partial charge >= 0.3 is 12.1 Å². The van der Waals surface area contributed by atoms with E-state index in [1.54, 1.807) is 6.08 Å². The fraction of sp³-hybridized carbons (Fsp3) is 0.500. The van der Waals surface area contributed by atoms with Gasteiger partial charge in [0.1, 0.15) is 0 Å². The Morgan fingerprint density at radius 2 is 1.97 bits per heavy atom. The van der Waals surface area contributed by atoms with Crippen LogP contribution in [0.2, 0.25) is 0 Å². The van der Waals surface area contributed by atoms with Gasteiger partial charge < -0.3 is 9.09 Å². The Bertz CT molecular complexity index is 1020. The van der Waals surface area contributed by atoms with Gasteiger partial charge in [0.2, 0.25) is 0 Å². The Morgan fingerprint density at radius 3 is 2.61 bits per heavy atom. The van der Waals surface area contributed by atoms with Crippen LogP contribution in [-0.4, -0.2) is 43.2 Å². The average Bonchev–Trinajstić information content (AvgIpc) is 3.33. The lowest BCUT2D eigenvalue weighted by atomic mass is 10.1. The van der Waals surface area contributed by atoms with E-state index in [0.29, 0.717) is 12.1 Å². The number of nitrogens with zero attached hydrogens (tertiary/aromatic N) is 5.